The molecule has 9 heteroatoms. The zero-order valence-corrected chi connectivity index (χ0v) is 20.1. The van der Waals surface area contributed by atoms with Crippen molar-refractivity contribution in [3.05, 3.63) is 89.3 Å². The average Bonchev–Trinajstić information content (AvgIpc) is 2.91. The maximum absolute atomic E-state index is 13.2. The Bertz CT molecular complexity index is 1190. The van der Waals surface area contributed by atoms with Crippen molar-refractivity contribution in [3.63, 3.8) is 0 Å². The number of ketones is 1. The fourth-order valence-electron chi connectivity index (χ4n) is 4.74. The molecule has 0 saturated heterocycles. The van der Waals surface area contributed by atoms with E-state index in [9.17, 15) is 14.7 Å². The van der Waals surface area contributed by atoms with Gasteiger partial charge >= 0.3 is 5.97 Å². The van der Waals surface area contributed by atoms with Gasteiger partial charge in [0.1, 0.15) is 0 Å². The molecule has 2 unspecified atom stereocenters. The van der Waals surface area contributed by atoms with Crippen LogP contribution in [0, 0.1) is 0 Å². The molecule has 36 heavy (non-hydrogen) atoms. The quantitative estimate of drug-likeness (QED) is 0.235. The number of carbonyl (C=O) groups excluding carboxylic acids is 1. The van der Waals surface area contributed by atoms with Crippen LogP contribution in [0.2, 0.25) is 0 Å². The average molecular weight is 489 g/mol. The third-order valence-corrected chi connectivity index (χ3v) is 6.88. The van der Waals surface area contributed by atoms with Crippen LogP contribution in [0.5, 0.6) is 0 Å². The molecule has 4 rings (SSSR count). The molecule has 0 amide bonds. The van der Waals surface area contributed by atoms with Crippen LogP contribution < -0.4 is 16.8 Å². The van der Waals surface area contributed by atoms with Gasteiger partial charge in [0.15, 0.2) is 11.3 Å². The highest BCUT2D eigenvalue weighted by atomic mass is 16.4. The highest BCUT2D eigenvalue weighted by molar-refractivity contribution is 6.16. The summed E-state index contributed by atoms with van der Waals surface area (Å²) in [7, 11) is 0. The second kappa shape index (κ2) is 11.5. The molecule has 3 heterocycles. The van der Waals surface area contributed by atoms with Crippen LogP contribution in [0.4, 0.5) is 0 Å². The molecule has 0 fully saturated rings. The molecule has 9 nitrogen and oxygen atoms in total. The van der Waals surface area contributed by atoms with Crippen molar-refractivity contribution in [1.82, 2.24) is 20.3 Å². The van der Waals surface area contributed by atoms with E-state index in [0.717, 1.165) is 30.7 Å². The number of carbonyl (C=O) groups is 2. The third kappa shape index (κ3) is 5.64. The van der Waals surface area contributed by atoms with E-state index in [1.165, 1.54) is 11.8 Å². The topological polar surface area (TPSA) is 157 Å². The van der Waals surface area contributed by atoms with Crippen LogP contribution in [0.1, 0.15) is 64.6 Å². The van der Waals surface area contributed by atoms with Crippen LogP contribution in [0.15, 0.2) is 61.1 Å². The molecule has 1 aliphatic carbocycles. The molecule has 0 radical (unpaired) electrons. The number of aliphatic carboxylic acids is 1. The van der Waals surface area contributed by atoms with Crippen molar-refractivity contribution in [2.75, 3.05) is 0 Å². The second-order valence-electron chi connectivity index (χ2n) is 9.29. The van der Waals surface area contributed by atoms with Gasteiger partial charge in [-0.05, 0) is 68.0 Å². The summed E-state index contributed by atoms with van der Waals surface area (Å²) < 4.78 is 0. The molecular formula is C27H32N6O3. The van der Waals surface area contributed by atoms with E-state index in [0.29, 0.717) is 25.2 Å². The molecule has 0 bridgehead atoms. The van der Waals surface area contributed by atoms with Gasteiger partial charge in [0.25, 0.3) is 0 Å². The number of hydrogen-bond acceptors (Lipinski definition) is 8. The standard InChI is InChI=1S/C27H32N6O3/c28-23(12-10-19-6-3-5-18-7-4-14-32-24(18)19)27(29,26(35)36)25(34)20-9-11-22(33-15-20)17-30-16-21-8-1-2-13-31-21/h1-2,4,7-9,11,13-15,19,23,30H,3,5-6,10,12,16-17,28-29H2,(H,35,36)/t19?,23?,27-/m0/s1. The molecule has 1 aliphatic rings. The highest BCUT2D eigenvalue weighted by Gasteiger charge is 2.48. The Labute approximate surface area is 210 Å². The first-order valence-electron chi connectivity index (χ1n) is 12.2. The van der Waals surface area contributed by atoms with E-state index >= 15 is 0 Å². The lowest BCUT2D eigenvalue weighted by Gasteiger charge is -2.31. The summed E-state index contributed by atoms with van der Waals surface area (Å²) in [4.78, 5) is 38.5. The van der Waals surface area contributed by atoms with Gasteiger partial charge in [0.05, 0.1) is 11.4 Å². The summed E-state index contributed by atoms with van der Waals surface area (Å²) in [6.07, 6.45) is 8.75. The Balaban J connectivity index is 1.39. The number of aryl methyl sites for hydroxylation is 1. The number of pyridine rings is 3. The van der Waals surface area contributed by atoms with Gasteiger partial charge in [-0.15, -0.1) is 0 Å². The molecule has 0 aromatic carbocycles. The number of Topliss-reactive ketones (excluding diaryl/α,β-unsaturated/α-hetero) is 1. The van der Waals surface area contributed by atoms with E-state index in [2.05, 4.69) is 26.3 Å². The molecule has 3 atom stereocenters. The molecule has 0 spiro atoms. The third-order valence-electron chi connectivity index (χ3n) is 6.88. The Hall–Kier alpha value is -3.53. The van der Waals surface area contributed by atoms with Gasteiger partial charge in [0.2, 0.25) is 0 Å². The first-order valence-corrected chi connectivity index (χ1v) is 12.2. The van der Waals surface area contributed by atoms with Gasteiger partial charge in [0, 0.05) is 54.9 Å². The lowest BCUT2D eigenvalue weighted by molar-refractivity contribution is -0.142. The van der Waals surface area contributed by atoms with Gasteiger partial charge in [-0.3, -0.25) is 19.7 Å². The molecule has 188 valence electrons. The predicted molar refractivity (Wildman–Crippen MR) is 135 cm³/mol. The number of carboxylic acids is 1. The Kier molecular flexibility index (Phi) is 8.14. The number of nitrogens with zero attached hydrogens (tertiary/aromatic N) is 3. The predicted octanol–water partition coefficient (Wildman–Crippen LogP) is 2.35. The highest BCUT2D eigenvalue weighted by Crippen LogP contribution is 2.34. The summed E-state index contributed by atoms with van der Waals surface area (Å²) in [6.45, 7) is 1.04. The molecular weight excluding hydrogens is 456 g/mol. The van der Waals surface area contributed by atoms with E-state index in [1.54, 1.807) is 24.5 Å². The molecule has 0 aliphatic heterocycles. The molecule has 0 saturated carbocycles. The van der Waals surface area contributed by atoms with Crippen LogP contribution in [-0.4, -0.2) is 43.4 Å². The van der Waals surface area contributed by atoms with Crippen LogP contribution in [0.25, 0.3) is 0 Å². The largest absolute Gasteiger partial charge is 0.479 e. The number of nitrogens with two attached hydrogens (primary N) is 2. The summed E-state index contributed by atoms with van der Waals surface area (Å²) >= 11 is 0. The number of hydrogen-bond donors (Lipinski definition) is 4. The normalized spacial score (nSPS) is 17.6. The summed E-state index contributed by atoms with van der Waals surface area (Å²) in [5.74, 6) is -2.01. The lowest BCUT2D eigenvalue weighted by Crippen LogP contribution is -2.66. The van der Waals surface area contributed by atoms with E-state index in [4.69, 9.17) is 11.5 Å². The first-order chi connectivity index (χ1) is 17.4. The minimum Gasteiger partial charge on any atom is -0.479 e. The maximum Gasteiger partial charge on any atom is 0.333 e. The SMILES string of the molecule is NC(CCC1CCCc2cccnc21)[C@@](N)(C(=O)O)C(=O)c1ccc(CNCc2ccccn2)nc1. The van der Waals surface area contributed by atoms with E-state index in [1.807, 2.05) is 24.3 Å². The number of aromatic nitrogens is 3. The lowest BCUT2D eigenvalue weighted by atomic mass is 9.78. The Morgan fingerprint density at radius 1 is 1.06 bits per heavy atom. The molecule has 6 N–H and O–H groups in total. The van der Waals surface area contributed by atoms with Gasteiger partial charge < -0.3 is 21.9 Å². The Morgan fingerprint density at radius 3 is 2.53 bits per heavy atom. The first kappa shape index (κ1) is 25.6. The fraction of sp³-hybridized carbons (Fsp3) is 0.370. The zero-order valence-electron chi connectivity index (χ0n) is 20.1. The van der Waals surface area contributed by atoms with E-state index < -0.39 is 23.3 Å². The minimum absolute atomic E-state index is 0.119. The van der Waals surface area contributed by atoms with E-state index in [-0.39, 0.29) is 17.9 Å². The zero-order chi connectivity index (χ0) is 25.5. The summed E-state index contributed by atoms with van der Waals surface area (Å²) in [5.41, 5.74) is 14.2. The number of carboxylic acid groups (broad SMARTS) is 1. The van der Waals surface area contributed by atoms with Crippen molar-refractivity contribution >= 4 is 11.8 Å². The monoisotopic (exact) mass is 488 g/mol. The summed E-state index contributed by atoms with van der Waals surface area (Å²) in [5, 5.41) is 13.2. The van der Waals surface area contributed by atoms with Crippen molar-refractivity contribution in [2.45, 2.75) is 62.7 Å². The van der Waals surface area contributed by atoms with Crippen LogP contribution >= 0.6 is 0 Å². The van der Waals surface area contributed by atoms with Crippen molar-refractivity contribution in [3.8, 4) is 0 Å². The smallest absolute Gasteiger partial charge is 0.333 e. The molecule has 3 aromatic heterocycles. The Morgan fingerprint density at radius 2 is 1.83 bits per heavy atom. The van der Waals surface area contributed by atoms with Crippen molar-refractivity contribution in [2.24, 2.45) is 11.5 Å². The number of fused-ring (bicyclic) bond motifs is 1. The fourth-order valence-corrected chi connectivity index (χ4v) is 4.74. The number of nitrogens with one attached hydrogen (secondary N) is 1. The van der Waals surface area contributed by atoms with Crippen molar-refractivity contribution in [1.29, 1.82) is 0 Å². The van der Waals surface area contributed by atoms with Crippen LogP contribution in [0.3, 0.4) is 0 Å². The molecule has 3 aromatic rings. The minimum atomic E-state index is -2.25. The maximum atomic E-state index is 13.2. The number of rotatable bonds is 11. The van der Waals surface area contributed by atoms with Crippen molar-refractivity contribution < 1.29 is 14.7 Å². The van der Waals surface area contributed by atoms with Gasteiger partial charge in [-0.2, -0.15) is 0 Å². The second-order valence-corrected chi connectivity index (χ2v) is 9.29. The van der Waals surface area contributed by atoms with Gasteiger partial charge in [-0.25, -0.2) is 4.79 Å². The van der Waals surface area contributed by atoms with Crippen LogP contribution in [-0.2, 0) is 24.3 Å². The summed E-state index contributed by atoms with van der Waals surface area (Å²) in [6, 6.07) is 11.9. The van der Waals surface area contributed by atoms with Gasteiger partial charge in [-0.1, -0.05) is 12.1 Å².